The highest BCUT2D eigenvalue weighted by molar-refractivity contribution is 6.21. The Morgan fingerprint density at radius 3 is 2.32 bits per heavy atom. The first kappa shape index (κ1) is 14.1. The monoisotopic (exact) mass is 296 g/mol. The lowest BCUT2D eigenvalue weighted by Gasteiger charge is -2.23. The lowest BCUT2D eigenvalue weighted by atomic mass is 10.1. The van der Waals surface area contributed by atoms with Crippen LogP contribution in [0, 0.1) is 0 Å². The van der Waals surface area contributed by atoms with Gasteiger partial charge in [0.1, 0.15) is 0 Å². The zero-order valence-corrected chi connectivity index (χ0v) is 12.1. The van der Waals surface area contributed by atoms with Crippen molar-refractivity contribution < 1.29 is 9.59 Å². The molecule has 6 heteroatoms. The first-order valence-corrected chi connectivity index (χ1v) is 6.83. The second kappa shape index (κ2) is 5.16. The van der Waals surface area contributed by atoms with Crippen LogP contribution in [0.4, 0.5) is 0 Å². The zero-order valence-electron chi connectivity index (χ0n) is 12.1. The Morgan fingerprint density at radius 1 is 1.14 bits per heavy atom. The first-order chi connectivity index (χ1) is 10.5. The van der Waals surface area contributed by atoms with Gasteiger partial charge in [-0.05, 0) is 36.8 Å². The van der Waals surface area contributed by atoms with Crippen LogP contribution < -0.4 is 11.6 Å². The average molecular weight is 296 g/mol. The van der Waals surface area contributed by atoms with E-state index in [2.05, 4.69) is 0 Å². The van der Waals surface area contributed by atoms with Crippen molar-refractivity contribution in [2.75, 3.05) is 6.54 Å². The molecule has 0 radical (unpaired) electrons. The molecule has 0 spiro atoms. The summed E-state index contributed by atoms with van der Waals surface area (Å²) >= 11 is 0. The van der Waals surface area contributed by atoms with Gasteiger partial charge in [0.05, 0.1) is 29.1 Å². The number of nitrogens with zero attached hydrogens (tertiary/aromatic N) is 2. The Balaban J connectivity index is 1.90. The average Bonchev–Trinajstić information content (AvgIpc) is 2.75. The van der Waals surface area contributed by atoms with Gasteiger partial charge in [-0.25, -0.2) is 5.84 Å². The Morgan fingerprint density at radius 2 is 1.73 bits per heavy atom. The highest BCUT2D eigenvalue weighted by Crippen LogP contribution is 2.24. The molecule has 22 heavy (non-hydrogen) atoms. The topological polar surface area (TPSA) is 92.7 Å². The van der Waals surface area contributed by atoms with Crippen LogP contribution in [0.5, 0.6) is 0 Å². The van der Waals surface area contributed by atoms with Crippen LogP contribution >= 0.6 is 0 Å². The highest BCUT2D eigenvalue weighted by Gasteiger charge is 2.35. The van der Waals surface area contributed by atoms with E-state index in [1.54, 1.807) is 30.5 Å². The Bertz CT molecular complexity index is 726. The lowest BCUT2D eigenvalue weighted by molar-refractivity contribution is 0.0666. The Labute approximate surface area is 127 Å². The van der Waals surface area contributed by atoms with Crippen molar-refractivity contribution in [1.82, 2.24) is 9.91 Å². The molecule has 0 aliphatic carbocycles. The van der Waals surface area contributed by atoms with Gasteiger partial charge in [-0.3, -0.25) is 19.5 Å². The number of imide groups is 1. The number of amides is 2. The molecule has 3 rings (SSSR count). The summed E-state index contributed by atoms with van der Waals surface area (Å²) in [5, 5.41) is 1.38. The molecular formula is C16H16N4O2. The van der Waals surface area contributed by atoms with E-state index in [-0.39, 0.29) is 18.4 Å². The minimum atomic E-state index is -0.334. The third-order valence-electron chi connectivity index (χ3n) is 3.68. The summed E-state index contributed by atoms with van der Waals surface area (Å²) in [6.45, 7) is 1.92. The predicted molar refractivity (Wildman–Crippen MR) is 81.9 cm³/mol. The Hall–Kier alpha value is -2.86. The van der Waals surface area contributed by atoms with Crippen molar-refractivity contribution in [3.05, 3.63) is 70.7 Å². The van der Waals surface area contributed by atoms with Gasteiger partial charge >= 0.3 is 0 Å². The molecule has 2 aliphatic heterocycles. The van der Waals surface area contributed by atoms with E-state index in [1.165, 1.54) is 5.01 Å². The third kappa shape index (κ3) is 2.19. The van der Waals surface area contributed by atoms with Crippen molar-refractivity contribution in [3.63, 3.8) is 0 Å². The summed E-state index contributed by atoms with van der Waals surface area (Å²) in [4.78, 5) is 25.8. The maximum Gasteiger partial charge on any atom is 0.261 e. The summed E-state index contributed by atoms with van der Waals surface area (Å²) in [5.41, 5.74) is 8.82. The van der Waals surface area contributed by atoms with Crippen molar-refractivity contribution in [2.24, 2.45) is 11.6 Å². The van der Waals surface area contributed by atoms with Crippen LogP contribution in [0.2, 0.25) is 0 Å². The quantitative estimate of drug-likeness (QED) is 0.630. The molecule has 4 N–H and O–H groups in total. The van der Waals surface area contributed by atoms with Crippen molar-refractivity contribution in [1.29, 1.82) is 0 Å². The van der Waals surface area contributed by atoms with E-state index < -0.39 is 0 Å². The van der Waals surface area contributed by atoms with Gasteiger partial charge in [0.2, 0.25) is 0 Å². The fourth-order valence-electron chi connectivity index (χ4n) is 2.51. The molecule has 0 saturated heterocycles. The highest BCUT2D eigenvalue weighted by atomic mass is 16.2. The van der Waals surface area contributed by atoms with E-state index in [0.717, 1.165) is 10.5 Å². The SMILES string of the molecule is CC1=C/C(=C(/N)CN2C(=O)c3ccccc3C2=O)N(N)C=C1. The maximum absolute atomic E-state index is 12.3. The lowest BCUT2D eigenvalue weighted by Crippen LogP contribution is -2.36. The summed E-state index contributed by atoms with van der Waals surface area (Å²) in [6, 6.07) is 6.74. The molecule has 1 aromatic carbocycles. The van der Waals surface area contributed by atoms with E-state index in [4.69, 9.17) is 11.6 Å². The van der Waals surface area contributed by atoms with Crippen LogP contribution in [0.15, 0.2) is 59.6 Å². The molecule has 2 amide bonds. The predicted octanol–water partition coefficient (Wildman–Crippen LogP) is 1.10. The van der Waals surface area contributed by atoms with Crippen LogP contribution in [0.25, 0.3) is 0 Å². The van der Waals surface area contributed by atoms with Crippen LogP contribution in [0.1, 0.15) is 27.6 Å². The number of hydrogen-bond acceptors (Lipinski definition) is 5. The van der Waals surface area contributed by atoms with Crippen LogP contribution in [0.3, 0.4) is 0 Å². The van der Waals surface area contributed by atoms with E-state index in [9.17, 15) is 9.59 Å². The minimum absolute atomic E-state index is 0.00694. The van der Waals surface area contributed by atoms with Gasteiger partial charge in [0, 0.05) is 6.20 Å². The number of hydrazine groups is 1. The number of carbonyl (C=O) groups excluding carboxylic acids is 2. The van der Waals surface area contributed by atoms with Crippen molar-refractivity contribution >= 4 is 11.8 Å². The summed E-state index contributed by atoms with van der Waals surface area (Å²) < 4.78 is 0. The van der Waals surface area contributed by atoms with Gasteiger partial charge in [0.25, 0.3) is 11.8 Å². The van der Waals surface area contributed by atoms with Crippen molar-refractivity contribution in [3.8, 4) is 0 Å². The summed E-state index contributed by atoms with van der Waals surface area (Å²) in [5.74, 6) is 5.18. The molecule has 0 fully saturated rings. The van der Waals surface area contributed by atoms with Crippen molar-refractivity contribution in [2.45, 2.75) is 6.92 Å². The number of fused-ring (bicyclic) bond motifs is 1. The normalized spacial score (nSPS) is 19.5. The van der Waals surface area contributed by atoms with E-state index in [1.807, 2.05) is 19.1 Å². The minimum Gasteiger partial charge on any atom is -0.399 e. The largest absolute Gasteiger partial charge is 0.399 e. The summed E-state index contributed by atoms with van der Waals surface area (Å²) in [7, 11) is 0. The number of nitrogens with two attached hydrogens (primary N) is 2. The molecule has 0 saturated carbocycles. The van der Waals surface area contributed by atoms with Crippen LogP contribution in [-0.2, 0) is 0 Å². The van der Waals surface area contributed by atoms with Gasteiger partial charge < -0.3 is 5.73 Å². The standard InChI is InChI=1S/C16H16N4O2/c1-10-6-7-20(18)14(8-10)13(17)9-19-15(21)11-4-2-3-5-12(11)16(19)22/h2-8H,9,17-18H2,1H3/b14-13-. The number of carbonyl (C=O) groups is 2. The second-order valence-electron chi connectivity index (χ2n) is 5.26. The number of hydrogen-bond donors (Lipinski definition) is 2. The van der Waals surface area contributed by atoms with Gasteiger partial charge in [-0.1, -0.05) is 12.1 Å². The molecule has 0 unspecified atom stereocenters. The van der Waals surface area contributed by atoms with E-state index in [0.29, 0.717) is 22.5 Å². The molecule has 112 valence electrons. The third-order valence-corrected chi connectivity index (χ3v) is 3.68. The second-order valence-corrected chi connectivity index (χ2v) is 5.26. The fraction of sp³-hybridized carbons (Fsp3) is 0.125. The first-order valence-electron chi connectivity index (χ1n) is 6.83. The molecule has 2 heterocycles. The molecule has 6 nitrogen and oxygen atoms in total. The molecule has 2 aliphatic rings. The van der Waals surface area contributed by atoms with Gasteiger partial charge in [0.15, 0.2) is 0 Å². The van der Waals surface area contributed by atoms with E-state index >= 15 is 0 Å². The van der Waals surface area contributed by atoms with Gasteiger partial charge in [-0.15, -0.1) is 0 Å². The molecule has 0 aromatic heterocycles. The van der Waals surface area contributed by atoms with Crippen LogP contribution in [-0.4, -0.2) is 28.3 Å². The molecule has 0 bridgehead atoms. The fourth-order valence-corrected chi connectivity index (χ4v) is 2.51. The molecule has 1 aromatic rings. The molecule has 0 atom stereocenters. The zero-order chi connectivity index (χ0) is 15.9. The maximum atomic E-state index is 12.3. The molecular weight excluding hydrogens is 280 g/mol. The summed E-state index contributed by atoms with van der Waals surface area (Å²) in [6.07, 6.45) is 5.34. The van der Waals surface area contributed by atoms with Gasteiger partial charge in [-0.2, -0.15) is 0 Å². The number of rotatable bonds is 2. The Kier molecular flexibility index (Phi) is 3.30. The smallest absolute Gasteiger partial charge is 0.261 e. The number of allylic oxidation sites excluding steroid dienone is 3. The number of benzene rings is 1.